The molecular formula is C27H26BrFN2O2. The Morgan fingerprint density at radius 1 is 1.06 bits per heavy atom. The van der Waals surface area contributed by atoms with E-state index < -0.39 is 0 Å². The number of nitrogens with zero attached hydrogens (tertiary/aromatic N) is 2. The van der Waals surface area contributed by atoms with Crippen molar-refractivity contribution in [2.24, 2.45) is 0 Å². The van der Waals surface area contributed by atoms with Crippen molar-refractivity contribution in [3.8, 4) is 5.75 Å². The molecule has 0 spiro atoms. The summed E-state index contributed by atoms with van der Waals surface area (Å²) in [6.07, 6.45) is 2.89. The van der Waals surface area contributed by atoms with Crippen LogP contribution in [0.2, 0.25) is 0 Å². The summed E-state index contributed by atoms with van der Waals surface area (Å²) in [6.45, 7) is 2.93. The summed E-state index contributed by atoms with van der Waals surface area (Å²) in [5, 5.41) is 5.07. The molecule has 1 aromatic heterocycles. The predicted octanol–water partition coefficient (Wildman–Crippen LogP) is 6.60. The maximum atomic E-state index is 13.4. The lowest BCUT2D eigenvalue weighted by Crippen LogP contribution is -2.44. The van der Waals surface area contributed by atoms with Gasteiger partial charge in [0.05, 0.1) is 5.69 Å². The van der Waals surface area contributed by atoms with Gasteiger partial charge in [0.2, 0.25) is 0 Å². The van der Waals surface area contributed by atoms with Crippen molar-refractivity contribution in [2.75, 3.05) is 19.6 Å². The normalized spacial score (nSPS) is 19.1. The first-order chi connectivity index (χ1) is 16.2. The average molecular weight is 509 g/mol. The third kappa shape index (κ3) is 5.28. The molecule has 4 nitrogen and oxygen atoms in total. The van der Waals surface area contributed by atoms with Crippen molar-refractivity contribution >= 4 is 26.9 Å². The van der Waals surface area contributed by atoms with Gasteiger partial charge in [0.25, 0.3) is 0 Å². The fraction of sp³-hybridized carbons (Fsp3) is 0.296. The minimum Gasteiger partial charge on any atom is -0.490 e. The van der Waals surface area contributed by atoms with Gasteiger partial charge in [-0.15, -0.1) is 0 Å². The molecule has 0 aliphatic carbocycles. The Kier molecular flexibility index (Phi) is 6.74. The molecule has 33 heavy (non-hydrogen) atoms. The van der Waals surface area contributed by atoms with Crippen molar-refractivity contribution in [1.82, 2.24) is 10.1 Å². The molecule has 1 aliphatic heterocycles. The van der Waals surface area contributed by atoms with Crippen molar-refractivity contribution in [1.29, 1.82) is 0 Å². The van der Waals surface area contributed by atoms with Crippen molar-refractivity contribution < 1.29 is 13.7 Å². The van der Waals surface area contributed by atoms with Crippen LogP contribution in [-0.4, -0.2) is 35.8 Å². The number of ether oxygens (including phenoxy) is 1. The van der Waals surface area contributed by atoms with Crippen LogP contribution in [0.4, 0.5) is 4.39 Å². The van der Waals surface area contributed by atoms with Crippen LogP contribution in [0, 0.1) is 5.82 Å². The van der Waals surface area contributed by atoms with Gasteiger partial charge in [0.1, 0.15) is 17.7 Å². The van der Waals surface area contributed by atoms with Crippen LogP contribution in [0.5, 0.6) is 5.75 Å². The standard InChI is InChI=1S/C27H26BrFN2O2/c28-20-8-11-22(12-9-20)32-26-14-16-31(18-24(26)19-5-2-1-3-6-19)15-4-7-25-23-13-10-21(29)17-27(23)33-30-25/h1-3,5-6,8-13,17,24,26H,4,7,14-16,18H2/t24-,26+/m0/s1. The van der Waals surface area contributed by atoms with E-state index in [1.54, 1.807) is 6.07 Å². The van der Waals surface area contributed by atoms with Crippen molar-refractivity contribution in [2.45, 2.75) is 31.3 Å². The molecule has 0 bridgehead atoms. The lowest BCUT2D eigenvalue weighted by Gasteiger charge is -2.39. The van der Waals surface area contributed by atoms with Gasteiger partial charge in [-0.05, 0) is 67.8 Å². The Balaban J connectivity index is 1.24. The number of aryl methyl sites for hydroxylation is 1. The molecule has 1 fully saturated rings. The number of halogens is 2. The first-order valence-corrected chi connectivity index (χ1v) is 12.2. The molecule has 0 radical (unpaired) electrons. The molecule has 3 aromatic carbocycles. The third-order valence-electron chi connectivity index (χ3n) is 6.36. The molecular weight excluding hydrogens is 483 g/mol. The lowest BCUT2D eigenvalue weighted by atomic mass is 9.87. The van der Waals surface area contributed by atoms with E-state index in [4.69, 9.17) is 9.26 Å². The summed E-state index contributed by atoms with van der Waals surface area (Å²) < 4.78 is 26.2. The Morgan fingerprint density at radius 3 is 2.70 bits per heavy atom. The quantitative estimate of drug-likeness (QED) is 0.282. The number of hydrogen-bond donors (Lipinski definition) is 0. The number of rotatable bonds is 7. The topological polar surface area (TPSA) is 38.5 Å². The number of piperidine rings is 1. The van der Waals surface area contributed by atoms with Gasteiger partial charge in [-0.1, -0.05) is 51.4 Å². The zero-order valence-electron chi connectivity index (χ0n) is 18.3. The molecule has 0 N–H and O–H groups in total. The number of fused-ring (bicyclic) bond motifs is 1. The smallest absolute Gasteiger partial charge is 0.170 e. The Labute approximate surface area is 201 Å². The first kappa shape index (κ1) is 22.1. The van der Waals surface area contributed by atoms with Gasteiger partial charge in [0.15, 0.2) is 5.58 Å². The lowest BCUT2D eigenvalue weighted by molar-refractivity contribution is 0.0771. The highest BCUT2D eigenvalue weighted by atomic mass is 79.9. The van der Waals surface area contributed by atoms with E-state index in [9.17, 15) is 4.39 Å². The highest BCUT2D eigenvalue weighted by Gasteiger charge is 2.32. The number of aromatic nitrogens is 1. The fourth-order valence-corrected chi connectivity index (χ4v) is 4.93. The van der Waals surface area contributed by atoms with E-state index in [1.165, 1.54) is 17.7 Å². The maximum absolute atomic E-state index is 13.4. The average Bonchev–Trinajstić information content (AvgIpc) is 3.24. The Hall–Kier alpha value is -2.70. The van der Waals surface area contributed by atoms with E-state index >= 15 is 0 Å². The van der Waals surface area contributed by atoms with Crippen molar-refractivity contribution in [3.63, 3.8) is 0 Å². The summed E-state index contributed by atoms with van der Waals surface area (Å²) in [5.74, 6) is 0.914. The minimum atomic E-state index is -0.301. The summed E-state index contributed by atoms with van der Waals surface area (Å²) in [6, 6.07) is 23.4. The van der Waals surface area contributed by atoms with Crippen LogP contribution in [-0.2, 0) is 6.42 Å². The van der Waals surface area contributed by atoms with E-state index in [2.05, 4.69) is 56.3 Å². The van der Waals surface area contributed by atoms with Crippen LogP contribution >= 0.6 is 15.9 Å². The van der Waals surface area contributed by atoms with Gasteiger partial charge in [-0.2, -0.15) is 0 Å². The van der Waals surface area contributed by atoms with E-state index in [1.807, 2.05) is 24.3 Å². The number of hydrogen-bond acceptors (Lipinski definition) is 4. The molecule has 4 aromatic rings. The highest BCUT2D eigenvalue weighted by molar-refractivity contribution is 9.10. The zero-order chi connectivity index (χ0) is 22.6. The van der Waals surface area contributed by atoms with Crippen molar-refractivity contribution in [3.05, 3.63) is 94.3 Å². The summed E-state index contributed by atoms with van der Waals surface area (Å²) in [4.78, 5) is 2.51. The molecule has 170 valence electrons. The molecule has 2 heterocycles. The minimum absolute atomic E-state index is 0.138. The van der Waals surface area contributed by atoms with Gasteiger partial charge in [-0.25, -0.2) is 4.39 Å². The third-order valence-corrected chi connectivity index (χ3v) is 6.89. The molecule has 0 unspecified atom stereocenters. The first-order valence-electron chi connectivity index (χ1n) is 11.4. The van der Waals surface area contributed by atoms with Crippen LogP contribution in [0.25, 0.3) is 11.0 Å². The Morgan fingerprint density at radius 2 is 1.88 bits per heavy atom. The summed E-state index contributed by atoms with van der Waals surface area (Å²) in [5.41, 5.74) is 2.73. The summed E-state index contributed by atoms with van der Waals surface area (Å²) >= 11 is 3.49. The molecule has 1 saturated heterocycles. The second kappa shape index (κ2) is 10.1. The van der Waals surface area contributed by atoms with E-state index in [-0.39, 0.29) is 11.9 Å². The number of likely N-dealkylation sites (tertiary alicyclic amines) is 1. The van der Waals surface area contributed by atoms with E-state index in [0.29, 0.717) is 11.5 Å². The highest BCUT2D eigenvalue weighted by Crippen LogP contribution is 2.31. The Bertz CT molecular complexity index is 1200. The van der Waals surface area contributed by atoms with Gasteiger partial charge in [-0.3, -0.25) is 0 Å². The zero-order valence-corrected chi connectivity index (χ0v) is 19.9. The number of benzene rings is 3. The monoisotopic (exact) mass is 508 g/mol. The molecule has 5 rings (SSSR count). The predicted molar refractivity (Wildman–Crippen MR) is 131 cm³/mol. The molecule has 6 heteroatoms. The molecule has 2 atom stereocenters. The van der Waals surface area contributed by atoms with Crippen LogP contribution in [0.1, 0.15) is 30.0 Å². The van der Waals surface area contributed by atoms with Crippen LogP contribution in [0.3, 0.4) is 0 Å². The summed E-state index contributed by atoms with van der Waals surface area (Å²) in [7, 11) is 0. The largest absolute Gasteiger partial charge is 0.490 e. The second-order valence-electron chi connectivity index (χ2n) is 8.59. The second-order valence-corrected chi connectivity index (χ2v) is 9.51. The van der Waals surface area contributed by atoms with Crippen LogP contribution in [0.15, 0.2) is 81.8 Å². The van der Waals surface area contributed by atoms with Crippen LogP contribution < -0.4 is 4.74 Å². The van der Waals surface area contributed by atoms with Gasteiger partial charge in [0, 0.05) is 34.9 Å². The molecule has 1 aliphatic rings. The maximum Gasteiger partial charge on any atom is 0.170 e. The SMILES string of the molecule is Fc1ccc2c(CCCN3CC[C@@H](Oc4ccc(Br)cc4)[C@H](c4ccccc4)C3)noc2c1. The fourth-order valence-electron chi connectivity index (χ4n) is 4.66. The molecule has 0 saturated carbocycles. The van der Waals surface area contributed by atoms with E-state index in [0.717, 1.165) is 60.2 Å². The molecule has 0 amide bonds. The van der Waals surface area contributed by atoms with Gasteiger partial charge < -0.3 is 14.2 Å². The van der Waals surface area contributed by atoms with Gasteiger partial charge >= 0.3 is 0 Å².